The molecule has 0 spiro atoms. The summed E-state index contributed by atoms with van der Waals surface area (Å²) in [5, 5.41) is 1.59. The molecule has 0 amide bonds. The van der Waals surface area contributed by atoms with Gasteiger partial charge in [0, 0.05) is 12.6 Å². The summed E-state index contributed by atoms with van der Waals surface area (Å²) in [6.45, 7) is 9.75. The number of likely N-dealkylation sites (N-methyl/N-ethyl adjacent to an activating group) is 1. The molecule has 0 aromatic heterocycles. The number of hydrogen-bond donors (Lipinski definition) is 0. The molecule has 1 unspecified atom stereocenters. The van der Waals surface area contributed by atoms with E-state index in [9.17, 15) is 0 Å². The van der Waals surface area contributed by atoms with Crippen LogP contribution < -0.4 is 5.19 Å². The summed E-state index contributed by atoms with van der Waals surface area (Å²) in [7, 11) is 0.903. The Morgan fingerprint density at radius 3 is 2.50 bits per heavy atom. The third-order valence-corrected chi connectivity index (χ3v) is 8.10. The van der Waals surface area contributed by atoms with E-state index in [2.05, 4.69) is 67.2 Å². The summed E-state index contributed by atoms with van der Waals surface area (Å²) in [6.07, 6.45) is 8.21. The average molecular weight is 319 g/mol. The normalized spacial score (nSPS) is 20.6. The fourth-order valence-corrected chi connectivity index (χ4v) is 6.36. The van der Waals surface area contributed by atoms with Gasteiger partial charge >= 0.3 is 0 Å². The fourth-order valence-electron chi connectivity index (χ4n) is 3.71. The van der Waals surface area contributed by atoms with Crippen LogP contribution in [0.3, 0.4) is 0 Å². The molecule has 1 atom stereocenters. The molecule has 0 bridgehead atoms. The summed E-state index contributed by atoms with van der Waals surface area (Å²) >= 11 is 0. The van der Waals surface area contributed by atoms with E-state index in [4.69, 9.17) is 0 Å². The zero-order valence-corrected chi connectivity index (χ0v) is 16.0. The van der Waals surface area contributed by atoms with Gasteiger partial charge in [-0.2, -0.15) is 0 Å². The van der Waals surface area contributed by atoms with Crippen molar-refractivity contribution in [2.24, 2.45) is 0 Å². The van der Waals surface area contributed by atoms with Crippen molar-refractivity contribution >= 4 is 13.3 Å². The number of benzene rings is 1. The van der Waals surface area contributed by atoms with Crippen molar-refractivity contribution in [2.75, 3.05) is 26.4 Å². The fraction of sp³-hybridized carbons (Fsp3) is 0.684. The molecule has 0 saturated carbocycles. The van der Waals surface area contributed by atoms with Crippen molar-refractivity contribution in [3.63, 3.8) is 0 Å². The quantitative estimate of drug-likeness (QED) is 0.533. The molecule has 2 nitrogen and oxygen atoms in total. The smallest absolute Gasteiger partial charge is 0.0949 e. The molecule has 1 saturated heterocycles. The highest BCUT2D eigenvalue weighted by molar-refractivity contribution is 6.89. The van der Waals surface area contributed by atoms with Gasteiger partial charge in [0.15, 0.2) is 0 Å². The van der Waals surface area contributed by atoms with E-state index >= 15 is 0 Å². The highest BCUT2D eigenvalue weighted by Gasteiger charge is 2.34. The lowest BCUT2D eigenvalue weighted by molar-refractivity contribution is 0.257. The lowest BCUT2D eigenvalue weighted by Crippen LogP contribution is -2.53. The van der Waals surface area contributed by atoms with Gasteiger partial charge in [0.25, 0.3) is 0 Å². The van der Waals surface area contributed by atoms with Gasteiger partial charge in [-0.3, -0.25) is 9.80 Å². The maximum atomic E-state index is 2.77. The first-order chi connectivity index (χ1) is 10.5. The van der Waals surface area contributed by atoms with Crippen molar-refractivity contribution < 1.29 is 0 Å². The maximum Gasteiger partial charge on any atom is 0.0949 e. The third kappa shape index (κ3) is 4.93. The van der Waals surface area contributed by atoms with E-state index < -0.39 is 8.07 Å². The Balaban J connectivity index is 1.94. The van der Waals surface area contributed by atoms with Crippen molar-refractivity contribution in [2.45, 2.75) is 58.2 Å². The molecule has 124 valence electrons. The van der Waals surface area contributed by atoms with Crippen molar-refractivity contribution in [1.82, 2.24) is 9.80 Å². The molecular weight excluding hydrogens is 284 g/mol. The first kappa shape index (κ1) is 17.7. The van der Waals surface area contributed by atoms with Crippen LogP contribution in [0.15, 0.2) is 30.3 Å². The zero-order valence-electron chi connectivity index (χ0n) is 15.0. The Labute approximate surface area is 138 Å². The Hall–Kier alpha value is -0.643. The molecule has 1 aliphatic rings. The van der Waals surface area contributed by atoms with Crippen LogP contribution >= 0.6 is 0 Å². The Kier molecular flexibility index (Phi) is 6.66. The van der Waals surface area contributed by atoms with Crippen LogP contribution in [-0.4, -0.2) is 50.3 Å². The van der Waals surface area contributed by atoms with E-state index in [0.29, 0.717) is 0 Å². The molecule has 22 heavy (non-hydrogen) atoms. The van der Waals surface area contributed by atoms with Gasteiger partial charge in [0.2, 0.25) is 0 Å². The summed E-state index contributed by atoms with van der Waals surface area (Å²) in [5.74, 6) is 0. The van der Waals surface area contributed by atoms with Crippen LogP contribution in [-0.2, 0) is 0 Å². The van der Waals surface area contributed by atoms with Crippen LogP contribution in [0.25, 0.3) is 0 Å². The molecule has 3 heteroatoms. The lowest BCUT2D eigenvalue weighted by atomic mass is 10.1. The van der Waals surface area contributed by atoms with Gasteiger partial charge in [0.1, 0.15) is 0 Å². The minimum absolute atomic E-state index is 0.775. The van der Waals surface area contributed by atoms with E-state index in [1.165, 1.54) is 44.8 Å². The molecule has 0 radical (unpaired) electrons. The second-order valence-electron chi connectivity index (χ2n) is 7.68. The SMILES string of the molecule is CCCCCCC1CN(C)CN1C[Si](C)(C)c1ccccc1. The molecule has 1 fully saturated rings. The Bertz CT molecular complexity index is 432. The van der Waals surface area contributed by atoms with Gasteiger partial charge in [-0.25, -0.2) is 0 Å². The van der Waals surface area contributed by atoms with Crippen LogP contribution in [0.4, 0.5) is 0 Å². The Morgan fingerprint density at radius 2 is 1.82 bits per heavy atom. The molecule has 1 aromatic carbocycles. The largest absolute Gasteiger partial charge is 0.292 e. The van der Waals surface area contributed by atoms with Crippen LogP contribution in [0.5, 0.6) is 0 Å². The first-order valence-corrected chi connectivity index (χ1v) is 12.2. The molecule has 0 aliphatic carbocycles. The van der Waals surface area contributed by atoms with E-state index in [0.717, 1.165) is 12.7 Å². The minimum atomic E-state index is -1.37. The number of nitrogens with zero attached hydrogens (tertiary/aromatic N) is 2. The maximum absolute atomic E-state index is 2.77. The standard InChI is InChI=1S/C19H34N2Si/c1-5-6-7-9-12-18-15-20(2)16-21(18)17-22(3,4)19-13-10-8-11-14-19/h8,10-11,13-14,18H,5-7,9,12,15-17H2,1-4H3. The van der Waals surface area contributed by atoms with Crippen molar-refractivity contribution in [3.05, 3.63) is 30.3 Å². The van der Waals surface area contributed by atoms with Gasteiger partial charge in [-0.05, 0) is 19.6 Å². The molecular formula is C19H34N2Si. The van der Waals surface area contributed by atoms with Crippen molar-refractivity contribution in [3.8, 4) is 0 Å². The highest BCUT2D eigenvalue weighted by Crippen LogP contribution is 2.20. The van der Waals surface area contributed by atoms with E-state index in [1.54, 1.807) is 5.19 Å². The first-order valence-electron chi connectivity index (χ1n) is 9.01. The molecule has 2 rings (SSSR count). The van der Waals surface area contributed by atoms with Gasteiger partial charge in [-0.1, -0.05) is 81.2 Å². The zero-order chi connectivity index (χ0) is 16.0. The number of hydrogen-bond acceptors (Lipinski definition) is 2. The average Bonchev–Trinajstić information content (AvgIpc) is 2.83. The van der Waals surface area contributed by atoms with Crippen LogP contribution in [0, 0.1) is 0 Å². The predicted octanol–water partition coefficient (Wildman–Crippen LogP) is 3.69. The highest BCUT2D eigenvalue weighted by atomic mass is 28.3. The van der Waals surface area contributed by atoms with Crippen LogP contribution in [0.1, 0.15) is 39.0 Å². The van der Waals surface area contributed by atoms with Gasteiger partial charge in [0.05, 0.1) is 14.7 Å². The van der Waals surface area contributed by atoms with E-state index in [1.807, 2.05) is 0 Å². The monoisotopic (exact) mass is 318 g/mol. The second-order valence-corrected chi connectivity index (χ2v) is 12.3. The molecule has 1 aromatic rings. The molecule has 1 heterocycles. The van der Waals surface area contributed by atoms with E-state index in [-0.39, 0.29) is 0 Å². The third-order valence-electron chi connectivity index (χ3n) is 5.01. The second kappa shape index (κ2) is 8.28. The van der Waals surface area contributed by atoms with Gasteiger partial charge < -0.3 is 0 Å². The summed E-state index contributed by atoms with van der Waals surface area (Å²) in [6, 6.07) is 12.0. The summed E-state index contributed by atoms with van der Waals surface area (Å²) < 4.78 is 0. The number of unbranched alkanes of at least 4 members (excludes halogenated alkanes) is 3. The summed E-state index contributed by atoms with van der Waals surface area (Å²) in [5.41, 5.74) is 0. The molecule has 0 N–H and O–H groups in total. The topological polar surface area (TPSA) is 6.48 Å². The number of rotatable bonds is 8. The lowest BCUT2D eigenvalue weighted by Gasteiger charge is -2.32. The minimum Gasteiger partial charge on any atom is -0.292 e. The molecule has 1 aliphatic heterocycles. The summed E-state index contributed by atoms with van der Waals surface area (Å²) in [4.78, 5) is 5.27. The van der Waals surface area contributed by atoms with Crippen LogP contribution in [0.2, 0.25) is 13.1 Å². The predicted molar refractivity (Wildman–Crippen MR) is 100 cm³/mol. The van der Waals surface area contributed by atoms with Crippen molar-refractivity contribution in [1.29, 1.82) is 0 Å². The van der Waals surface area contributed by atoms with Gasteiger partial charge in [-0.15, -0.1) is 0 Å². The Morgan fingerprint density at radius 1 is 1.09 bits per heavy atom.